The highest BCUT2D eigenvalue weighted by Gasteiger charge is 2.19. The van der Waals surface area contributed by atoms with Gasteiger partial charge in [-0.3, -0.25) is 4.90 Å². The second-order valence-electron chi connectivity index (χ2n) is 9.16. The Kier molecular flexibility index (Phi) is 12.0. The number of aromatic hydroxyl groups is 2. The van der Waals surface area contributed by atoms with Gasteiger partial charge in [-0.2, -0.15) is 0 Å². The van der Waals surface area contributed by atoms with Crippen LogP contribution in [0, 0.1) is 27.7 Å². The number of carboxylic acids is 2. The number of nitrogens with zero attached hydrogens (tertiary/aromatic N) is 1. The molecule has 2 rings (SSSR count). The lowest BCUT2D eigenvalue weighted by atomic mass is 9.97. The Balaban J connectivity index is 0.000000738. The van der Waals surface area contributed by atoms with E-state index in [9.17, 15) is 19.8 Å². The molecule has 204 valence electrons. The molecule has 0 aliphatic rings. The zero-order valence-electron chi connectivity index (χ0n) is 22.9. The van der Waals surface area contributed by atoms with E-state index in [0.29, 0.717) is 43.3 Å². The predicted octanol–water partition coefficient (Wildman–Crippen LogP) is 4.69. The number of likely N-dealkylation sites (N-methyl/N-ethyl adjacent to an activating group) is 1. The average Bonchev–Trinajstić information content (AvgIpc) is 2.82. The summed E-state index contributed by atoms with van der Waals surface area (Å²) in [6, 6.07) is 3.70. The van der Waals surface area contributed by atoms with Crippen molar-refractivity contribution < 1.29 is 39.5 Å². The maximum Gasteiger partial charge on any atom is 0.328 e. The van der Waals surface area contributed by atoms with Gasteiger partial charge in [-0.05, 0) is 75.0 Å². The van der Waals surface area contributed by atoms with Crippen LogP contribution >= 0.6 is 0 Å². The lowest BCUT2D eigenvalue weighted by Gasteiger charge is -2.23. The van der Waals surface area contributed by atoms with Crippen molar-refractivity contribution in [3.05, 3.63) is 57.7 Å². The van der Waals surface area contributed by atoms with E-state index in [4.69, 9.17) is 19.7 Å². The van der Waals surface area contributed by atoms with Crippen LogP contribution in [0.3, 0.4) is 0 Å². The summed E-state index contributed by atoms with van der Waals surface area (Å²) in [5.41, 5.74) is 5.50. The van der Waals surface area contributed by atoms with Crippen LogP contribution in [0.1, 0.15) is 53.1 Å². The number of ether oxygens (including phenoxy) is 2. The molecular weight excluding hydrogens is 478 g/mol. The number of carbonyl (C=O) groups is 2. The van der Waals surface area contributed by atoms with E-state index in [1.54, 1.807) is 13.2 Å². The monoisotopic (exact) mass is 517 g/mol. The number of aliphatic carboxylic acids is 2. The first-order valence-electron chi connectivity index (χ1n) is 11.8. The average molecular weight is 518 g/mol. The molecule has 0 aromatic heterocycles. The minimum Gasteiger partial charge on any atom is -0.508 e. The van der Waals surface area contributed by atoms with E-state index in [2.05, 4.69) is 18.7 Å². The van der Waals surface area contributed by atoms with Crippen LogP contribution < -0.4 is 9.47 Å². The number of aryl methyl sites for hydroxylation is 1. The van der Waals surface area contributed by atoms with Gasteiger partial charge in [0.05, 0.1) is 7.11 Å². The third-order valence-electron chi connectivity index (χ3n) is 6.02. The SMILES string of the molecule is COc1c(C)c(C)c(O)c(C)c1CN(C)CCOc1cc(C)c(O)cc1C(C)C.O=C(O)/C=C/C(=O)O. The van der Waals surface area contributed by atoms with Crippen LogP contribution in [-0.2, 0) is 16.1 Å². The minimum atomic E-state index is -1.26. The third kappa shape index (κ3) is 9.02. The molecule has 0 aliphatic carbocycles. The first-order valence-corrected chi connectivity index (χ1v) is 11.8. The largest absolute Gasteiger partial charge is 0.508 e. The Morgan fingerprint density at radius 1 is 0.973 bits per heavy atom. The number of rotatable bonds is 10. The van der Waals surface area contributed by atoms with Gasteiger partial charge >= 0.3 is 11.9 Å². The second kappa shape index (κ2) is 14.1. The first-order chi connectivity index (χ1) is 17.2. The van der Waals surface area contributed by atoms with Gasteiger partial charge in [-0.25, -0.2) is 9.59 Å². The lowest BCUT2D eigenvalue weighted by Crippen LogP contribution is -2.25. The van der Waals surface area contributed by atoms with Crippen molar-refractivity contribution in [2.75, 3.05) is 27.3 Å². The van der Waals surface area contributed by atoms with Crippen molar-refractivity contribution in [2.24, 2.45) is 0 Å². The molecule has 0 bridgehead atoms. The lowest BCUT2D eigenvalue weighted by molar-refractivity contribution is -0.134. The zero-order chi connectivity index (χ0) is 28.4. The fraction of sp³-hybridized carbons (Fsp3) is 0.429. The molecule has 4 N–H and O–H groups in total. The fourth-order valence-electron chi connectivity index (χ4n) is 3.70. The van der Waals surface area contributed by atoms with E-state index in [1.807, 2.05) is 40.8 Å². The zero-order valence-corrected chi connectivity index (χ0v) is 22.9. The summed E-state index contributed by atoms with van der Waals surface area (Å²) in [5, 5.41) is 36.1. The predicted molar refractivity (Wildman–Crippen MR) is 142 cm³/mol. The van der Waals surface area contributed by atoms with Gasteiger partial charge in [-0.15, -0.1) is 0 Å². The van der Waals surface area contributed by atoms with Crippen molar-refractivity contribution in [2.45, 2.75) is 54.0 Å². The molecule has 0 saturated heterocycles. The first kappa shape index (κ1) is 31.3. The second-order valence-corrected chi connectivity index (χ2v) is 9.16. The number of phenols is 2. The van der Waals surface area contributed by atoms with Crippen LogP contribution in [0.2, 0.25) is 0 Å². The van der Waals surface area contributed by atoms with Crippen LogP contribution in [0.15, 0.2) is 24.3 Å². The molecule has 0 fully saturated rings. The summed E-state index contributed by atoms with van der Waals surface area (Å²) in [4.78, 5) is 21.3. The molecule has 37 heavy (non-hydrogen) atoms. The molecular formula is C28H39NO8. The molecule has 0 atom stereocenters. The van der Waals surface area contributed by atoms with E-state index < -0.39 is 11.9 Å². The smallest absolute Gasteiger partial charge is 0.328 e. The number of carboxylic acid groups (broad SMARTS) is 2. The Hall–Kier alpha value is -3.72. The maximum atomic E-state index is 10.4. The highest BCUT2D eigenvalue weighted by atomic mass is 16.5. The minimum absolute atomic E-state index is 0.264. The Morgan fingerprint density at radius 3 is 2.03 bits per heavy atom. The van der Waals surface area contributed by atoms with Gasteiger partial charge in [-0.1, -0.05) is 13.8 Å². The Labute approximate surface area is 218 Å². The number of phenolic OH excluding ortho intramolecular Hbond substituents is 2. The van der Waals surface area contributed by atoms with Gasteiger partial charge < -0.3 is 29.9 Å². The summed E-state index contributed by atoms with van der Waals surface area (Å²) in [6.07, 6.45) is 1.12. The normalized spacial score (nSPS) is 11.0. The molecule has 0 saturated carbocycles. The van der Waals surface area contributed by atoms with Gasteiger partial charge in [0, 0.05) is 36.4 Å². The molecule has 0 aliphatic heterocycles. The van der Waals surface area contributed by atoms with Crippen LogP contribution in [0.4, 0.5) is 0 Å². The molecule has 9 heteroatoms. The molecule has 0 spiro atoms. The van der Waals surface area contributed by atoms with Crippen molar-refractivity contribution in [3.8, 4) is 23.0 Å². The highest BCUT2D eigenvalue weighted by Crippen LogP contribution is 2.37. The van der Waals surface area contributed by atoms with Crippen LogP contribution in [0.5, 0.6) is 23.0 Å². The number of hydrogen-bond acceptors (Lipinski definition) is 7. The van der Waals surface area contributed by atoms with Crippen molar-refractivity contribution >= 4 is 11.9 Å². The molecule has 0 heterocycles. The standard InChI is InChI=1S/C24H35NO4.C4H4O4/c1-14(2)19-12-21(26)15(3)11-22(19)29-10-9-25(7)13-20-18(6)23(27)16(4)17(5)24(20)28-8;5-3(6)1-2-4(7)8/h11-12,14,26-27H,9-10,13H2,1-8H3;1-2H,(H,5,6)(H,7,8)/b;2-1+. The van der Waals surface area contributed by atoms with E-state index in [-0.39, 0.29) is 5.92 Å². The van der Waals surface area contributed by atoms with Crippen molar-refractivity contribution in [3.63, 3.8) is 0 Å². The van der Waals surface area contributed by atoms with Gasteiger partial charge in [0.2, 0.25) is 0 Å². The Bertz CT molecular complexity index is 1120. The Morgan fingerprint density at radius 2 is 1.54 bits per heavy atom. The molecule has 0 radical (unpaired) electrons. The van der Waals surface area contributed by atoms with E-state index in [1.165, 1.54) is 0 Å². The quantitative estimate of drug-likeness (QED) is 0.331. The molecule has 2 aromatic rings. The van der Waals surface area contributed by atoms with Crippen molar-refractivity contribution in [1.29, 1.82) is 0 Å². The fourth-order valence-corrected chi connectivity index (χ4v) is 3.70. The number of benzene rings is 2. The van der Waals surface area contributed by atoms with Gasteiger partial charge in [0.1, 0.15) is 29.6 Å². The summed E-state index contributed by atoms with van der Waals surface area (Å²) in [5.74, 6) is 0.0435. The van der Waals surface area contributed by atoms with Crippen molar-refractivity contribution in [1.82, 2.24) is 4.90 Å². The summed E-state index contributed by atoms with van der Waals surface area (Å²) in [7, 11) is 3.70. The molecule has 0 unspecified atom stereocenters. The maximum absolute atomic E-state index is 10.4. The van der Waals surface area contributed by atoms with Crippen LogP contribution in [-0.4, -0.2) is 64.6 Å². The third-order valence-corrected chi connectivity index (χ3v) is 6.02. The summed E-state index contributed by atoms with van der Waals surface area (Å²) < 4.78 is 11.7. The highest BCUT2D eigenvalue weighted by molar-refractivity contribution is 5.89. The van der Waals surface area contributed by atoms with Gasteiger partial charge in [0.15, 0.2) is 0 Å². The van der Waals surface area contributed by atoms with E-state index >= 15 is 0 Å². The molecule has 9 nitrogen and oxygen atoms in total. The molecule has 2 aromatic carbocycles. The van der Waals surface area contributed by atoms with Gasteiger partial charge in [0.25, 0.3) is 0 Å². The summed E-state index contributed by atoms with van der Waals surface area (Å²) >= 11 is 0. The van der Waals surface area contributed by atoms with E-state index in [0.717, 1.165) is 44.9 Å². The number of methoxy groups -OCH3 is 1. The summed E-state index contributed by atoms with van der Waals surface area (Å²) in [6.45, 7) is 13.8. The topological polar surface area (TPSA) is 137 Å². The number of hydrogen-bond donors (Lipinski definition) is 4. The molecule has 0 amide bonds. The van der Waals surface area contributed by atoms with Crippen LogP contribution in [0.25, 0.3) is 0 Å².